The molecule has 1 aliphatic heterocycles. The van der Waals surface area contributed by atoms with Gasteiger partial charge in [0.2, 0.25) is 0 Å². The number of esters is 1. The fourth-order valence-electron chi connectivity index (χ4n) is 3.07. The Morgan fingerprint density at radius 2 is 1.96 bits per heavy atom. The van der Waals surface area contributed by atoms with Crippen LogP contribution in [-0.4, -0.2) is 34.9 Å². The Bertz CT molecular complexity index is 626. The molecule has 1 aliphatic carbocycles. The highest BCUT2D eigenvalue weighted by molar-refractivity contribution is 5.97. The smallest absolute Gasteiger partial charge is 0.334 e. The molecular weight excluding hydrogens is 308 g/mol. The quantitative estimate of drug-likeness (QED) is 0.589. The van der Waals surface area contributed by atoms with Crippen molar-refractivity contribution in [2.45, 2.75) is 58.2 Å². The van der Waals surface area contributed by atoms with Gasteiger partial charge in [0, 0.05) is 24.8 Å². The summed E-state index contributed by atoms with van der Waals surface area (Å²) in [5.41, 5.74) is 2.18. The van der Waals surface area contributed by atoms with E-state index in [0.717, 1.165) is 5.57 Å². The molecule has 1 N–H and O–H groups in total. The third-order valence-electron chi connectivity index (χ3n) is 4.50. The van der Waals surface area contributed by atoms with Gasteiger partial charge in [-0.15, -0.1) is 0 Å². The summed E-state index contributed by atoms with van der Waals surface area (Å²) in [6.07, 6.45) is 3.02. The van der Waals surface area contributed by atoms with Gasteiger partial charge in [0.05, 0.1) is 0 Å². The first-order valence-electron chi connectivity index (χ1n) is 8.24. The van der Waals surface area contributed by atoms with E-state index in [2.05, 4.69) is 6.58 Å². The lowest BCUT2D eigenvalue weighted by molar-refractivity contribution is -0.139. The number of ether oxygens (including phenoxy) is 1. The van der Waals surface area contributed by atoms with E-state index in [0.29, 0.717) is 30.4 Å². The Labute approximate surface area is 142 Å². The second-order valence-electron chi connectivity index (χ2n) is 6.78. The van der Waals surface area contributed by atoms with Crippen LogP contribution in [0.25, 0.3) is 0 Å². The third-order valence-corrected chi connectivity index (χ3v) is 4.50. The Kier molecular flexibility index (Phi) is 5.89. The van der Waals surface area contributed by atoms with E-state index < -0.39 is 11.9 Å². The van der Waals surface area contributed by atoms with E-state index in [1.807, 2.05) is 6.92 Å². The van der Waals surface area contributed by atoms with Crippen LogP contribution < -0.4 is 0 Å². The SMILES string of the molecule is C=C(C)[C@H]1CCC2=C[C@@H](C/C(C)=C\C(=O)[C@H](O)CC(=O)C1)OC2=O. The average molecular weight is 332 g/mol. The van der Waals surface area contributed by atoms with Crippen molar-refractivity contribution in [2.24, 2.45) is 5.92 Å². The van der Waals surface area contributed by atoms with Crippen molar-refractivity contribution in [1.29, 1.82) is 0 Å². The number of fused-ring (bicyclic) bond motifs is 1. The van der Waals surface area contributed by atoms with E-state index in [9.17, 15) is 19.5 Å². The van der Waals surface area contributed by atoms with Gasteiger partial charge in [0.15, 0.2) is 5.78 Å². The first kappa shape index (κ1) is 18.3. The normalized spacial score (nSPS) is 31.6. The van der Waals surface area contributed by atoms with E-state index in [1.165, 1.54) is 6.08 Å². The minimum atomic E-state index is -1.32. The number of ketones is 2. The molecule has 5 nitrogen and oxygen atoms in total. The van der Waals surface area contributed by atoms with Gasteiger partial charge in [0.25, 0.3) is 0 Å². The zero-order valence-corrected chi connectivity index (χ0v) is 14.2. The first-order chi connectivity index (χ1) is 11.3. The van der Waals surface area contributed by atoms with E-state index in [4.69, 9.17) is 4.74 Å². The van der Waals surface area contributed by atoms with Crippen LogP contribution in [0.2, 0.25) is 0 Å². The highest BCUT2D eigenvalue weighted by atomic mass is 16.5. The summed E-state index contributed by atoms with van der Waals surface area (Å²) in [6.45, 7) is 7.50. The van der Waals surface area contributed by atoms with Gasteiger partial charge in [-0.3, -0.25) is 9.59 Å². The van der Waals surface area contributed by atoms with Crippen molar-refractivity contribution in [3.8, 4) is 0 Å². The Morgan fingerprint density at radius 1 is 1.25 bits per heavy atom. The zero-order valence-electron chi connectivity index (χ0n) is 14.2. The lowest BCUT2D eigenvalue weighted by Crippen LogP contribution is -2.24. The minimum Gasteiger partial charge on any atom is -0.454 e. The van der Waals surface area contributed by atoms with Crippen molar-refractivity contribution in [3.05, 3.63) is 35.5 Å². The molecule has 0 spiro atoms. The van der Waals surface area contributed by atoms with Crippen LogP contribution in [-0.2, 0) is 19.1 Å². The maximum Gasteiger partial charge on any atom is 0.334 e. The molecule has 0 radical (unpaired) electrons. The number of hydrogen-bond acceptors (Lipinski definition) is 5. The fourth-order valence-corrected chi connectivity index (χ4v) is 3.07. The summed E-state index contributed by atoms with van der Waals surface area (Å²) in [6, 6.07) is 0. The van der Waals surface area contributed by atoms with E-state index in [1.54, 1.807) is 13.0 Å². The number of carbonyl (C=O) groups excluding carboxylic acids is 3. The van der Waals surface area contributed by atoms with Gasteiger partial charge in [0.1, 0.15) is 18.0 Å². The fraction of sp³-hybridized carbons (Fsp3) is 0.526. The standard InChI is InChI=1S/C19H24O5/c1-11(2)13-4-5-14-9-16(24-19(14)23)6-12(3)7-17(21)18(22)10-15(20)8-13/h7,9,13,16,18,22H,1,4-6,8,10H2,2-3H3/b12-7-/t13-,16+,18+/m0/s1. The van der Waals surface area contributed by atoms with Crippen LogP contribution in [0, 0.1) is 5.92 Å². The third kappa shape index (κ3) is 4.74. The summed E-state index contributed by atoms with van der Waals surface area (Å²) >= 11 is 0. The lowest BCUT2D eigenvalue weighted by Gasteiger charge is -2.17. The van der Waals surface area contributed by atoms with Crippen LogP contribution in [0.3, 0.4) is 0 Å². The van der Waals surface area contributed by atoms with Gasteiger partial charge in [-0.05, 0) is 44.8 Å². The molecule has 24 heavy (non-hydrogen) atoms. The Morgan fingerprint density at radius 3 is 2.62 bits per heavy atom. The highest BCUT2D eigenvalue weighted by Crippen LogP contribution is 2.28. The van der Waals surface area contributed by atoms with E-state index >= 15 is 0 Å². The maximum atomic E-state index is 12.1. The number of allylic oxidation sites excluding steroid dienone is 1. The molecule has 3 atom stereocenters. The molecule has 0 aromatic carbocycles. The molecule has 0 saturated carbocycles. The highest BCUT2D eigenvalue weighted by Gasteiger charge is 2.28. The second kappa shape index (κ2) is 7.71. The molecule has 2 aliphatic rings. The van der Waals surface area contributed by atoms with Gasteiger partial charge in [-0.25, -0.2) is 4.79 Å². The number of hydrogen-bond donors (Lipinski definition) is 1. The maximum absolute atomic E-state index is 12.1. The van der Waals surface area contributed by atoms with E-state index in [-0.39, 0.29) is 36.6 Å². The van der Waals surface area contributed by atoms with Crippen LogP contribution in [0.5, 0.6) is 0 Å². The average Bonchev–Trinajstić information content (AvgIpc) is 2.81. The molecule has 0 aromatic heterocycles. The molecule has 0 unspecified atom stereocenters. The summed E-state index contributed by atoms with van der Waals surface area (Å²) in [5.74, 6) is -1.07. The summed E-state index contributed by atoms with van der Waals surface area (Å²) in [4.78, 5) is 36.1. The molecule has 0 saturated heterocycles. The predicted octanol–water partition coefficient (Wildman–Crippen LogP) is 2.44. The zero-order chi connectivity index (χ0) is 17.9. The van der Waals surface area contributed by atoms with Crippen LogP contribution in [0.4, 0.5) is 0 Å². The number of carbonyl (C=O) groups is 3. The molecule has 5 heteroatoms. The monoisotopic (exact) mass is 332 g/mol. The number of aliphatic hydroxyl groups excluding tert-OH is 1. The molecule has 2 rings (SSSR count). The minimum absolute atomic E-state index is 0.0761. The molecular formula is C19H24O5. The van der Waals surface area contributed by atoms with Crippen LogP contribution in [0.15, 0.2) is 35.5 Å². The molecule has 130 valence electrons. The summed E-state index contributed by atoms with van der Waals surface area (Å²) in [7, 11) is 0. The first-order valence-corrected chi connectivity index (χ1v) is 8.24. The summed E-state index contributed by atoms with van der Waals surface area (Å²) in [5, 5.41) is 9.94. The molecule has 0 aromatic rings. The molecule has 2 bridgehead atoms. The lowest BCUT2D eigenvalue weighted by atomic mass is 9.87. The van der Waals surface area contributed by atoms with Crippen molar-refractivity contribution in [2.75, 3.05) is 0 Å². The van der Waals surface area contributed by atoms with Gasteiger partial charge in [-0.2, -0.15) is 0 Å². The van der Waals surface area contributed by atoms with Crippen LogP contribution in [0.1, 0.15) is 46.0 Å². The molecule has 0 amide bonds. The van der Waals surface area contributed by atoms with Crippen molar-refractivity contribution in [3.63, 3.8) is 0 Å². The van der Waals surface area contributed by atoms with Crippen LogP contribution >= 0.6 is 0 Å². The Hall–Kier alpha value is -2.01. The largest absolute Gasteiger partial charge is 0.454 e. The Balaban J connectivity index is 2.25. The predicted molar refractivity (Wildman–Crippen MR) is 89.1 cm³/mol. The van der Waals surface area contributed by atoms with Crippen molar-refractivity contribution in [1.82, 2.24) is 0 Å². The number of aliphatic hydroxyl groups is 1. The second-order valence-corrected chi connectivity index (χ2v) is 6.78. The van der Waals surface area contributed by atoms with Crippen molar-refractivity contribution < 1.29 is 24.2 Å². The molecule has 1 heterocycles. The topological polar surface area (TPSA) is 80.7 Å². The summed E-state index contributed by atoms with van der Waals surface area (Å²) < 4.78 is 5.31. The van der Waals surface area contributed by atoms with Gasteiger partial charge in [-0.1, -0.05) is 17.7 Å². The number of rotatable bonds is 1. The molecule has 0 fully saturated rings. The number of Topliss-reactive ketones (excluding diaryl/α,β-unsaturated/α-hetero) is 1. The van der Waals surface area contributed by atoms with Gasteiger partial charge >= 0.3 is 5.97 Å². The van der Waals surface area contributed by atoms with Gasteiger partial charge < -0.3 is 9.84 Å². The van der Waals surface area contributed by atoms with Crippen molar-refractivity contribution >= 4 is 17.5 Å².